The molecule has 1 aliphatic rings. The molecule has 8 aromatic carbocycles. The molecule has 1 heterocycles. The van der Waals surface area contributed by atoms with Crippen molar-refractivity contribution in [3.63, 3.8) is 0 Å². The number of aromatic nitrogens is 3. The largest absolute Gasteiger partial charge is 0.238 e. The van der Waals surface area contributed by atoms with Crippen molar-refractivity contribution < 1.29 is 0 Å². The highest BCUT2D eigenvalue weighted by molar-refractivity contribution is 5.97. The minimum absolute atomic E-state index is 0.597. The molecule has 0 radical (unpaired) electrons. The third-order valence-corrected chi connectivity index (χ3v) is 10.8. The highest BCUT2D eigenvalue weighted by atomic mass is 15.0. The van der Waals surface area contributed by atoms with E-state index in [-0.39, 0.29) is 0 Å². The lowest BCUT2D eigenvalue weighted by atomic mass is 9.67. The molecule has 0 bridgehead atoms. The molecule has 4 nitrogen and oxygen atoms in total. The highest BCUT2D eigenvalue weighted by Crippen LogP contribution is 2.58. The molecule has 1 aromatic heterocycles. The maximum Gasteiger partial charge on any atom is 0.187 e. The van der Waals surface area contributed by atoms with Gasteiger partial charge in [0.05, 0.1) is 12.0 Å². The van der Waals surface area contributed by atoms with Gasteiger partial charge in [-0.3, -0.25) is 0 Å². The van der Waals surface area contributed by atoms with Crippen molar-refractivity contribution in [3.05, 3.63) is 228 Å². The van der Waals surface area contributed by atoms with Crippen LogP contribution in [-0.4, -0.2) is 15.0 Å². The van der Waals surface area contributed by atoms with Gasteiger partial charge in [-0.25, -0.2) is 19.8 Å². The van der Waals surface area contributed by atoms with Gasteiger partial charge in [-0.1, -0.05) is 194 Å². The maximum atomic E-state index is 7.94. The lowest BCUT2D eigenvalue weighted by Crippen LogP contribution is -2.28. The lowest BCUT2D eigenvalue weighted by Gasteiger charge is -2.34. The van der Waals surface area contributed by atoms with Gasteiger partial charge in [0.25, 0.3) is 0 Å². The Morgan fingerprint density at radius 2 is 0.945 bits per heavy atom. The van der Waals surface area contributed by atoms with E-state index in [2.05, 4.69) is 163 Å². The van der Waals surface area contributed by atoms with E-state index in [9.17, 15) is 0 Å². The molecule has 9 aromatic rings. The Balaban J connectivity index is 1.14. The summed E-state index contributed by atoms with van der Waals surface area (Å²) in [6, 6.07) is 67.5. The molecule has 10 rings (SSSR count). The molecule has 0 aliphatic heterocycles. The summed E-state index contributed by atoms with van der Waals surface area (Å²) < 4.78 is 0. The van der Waals surface area contributed by atoms with Gasteiger partial charge in [0, 0.05) is 16.7 Å². The third kappa shape index (κ3) is 5.25. The molecule has 4 heteroatoms. The van der Waals surface area contributed by atoms with Crippen LogP contribution in [0.4, 0.5) is 5.69 Å². The summed E-state index contributed by atoms with van der Waals surface area (Å²) in [7, 11) is 0. The average molecular weight is 701 g/mol. The van der Waals surface area contributed by atoms with Crippen LogP contribution in [0, 0.1) is 6.57 Å². The Morgan fingerprint density at radius 1 is 0.400 bits per heavy atom. The lowest BCUT2D eigenvalue weighted by molar-refractivity contribution is 0.769. The smallest absolute Gasteiger partial charge is 0.187 e. The topological polar surface area (TPSA) is 43.0 Å². The predicted molar refractivity (Wildman–Crippen MR) is 223 cm³/mol. The van der Waals surface area contributed by atoms with Crippen molar-refractivity contribution in [3.8, 4) is 56.4 Å². The van der Waals surface area contributed by atoms with E-state index in [0.29, 0.717) is 23.2 Å². The molecule has 0 atom stereocenters. The SMILES string of the molecule is [C-]#[N+]c1ccc2c(c1)C(c1ccccc1)(c1ccccc1)c1cccc(-c3ccc(-c4nc(-c5ccccc5)nc(-c5cccc6ccccc56)n4)cc3)c1-2. The van der Waals surface area contributed by atoms with Crippen LogP contribution in [0.1, 0.15) is 22.3 Å². The third-order valence-electron chi connectivity index (χ3n) is 10.8. The Kier molecular flexibility index (Phi) is 7.71. The molecule has 0 N–H and O–H groups in total. The fraction of sp³-hybridized carbons (Fsp3) is 0.0196. The molecular formula is C51H32N4. The first-order valence-corrected chi connectivity index (χ1v) is 18.4. The zero-order chi connectivity index (χ0) is 36.8. The molecule has 55 heavy (non-hydrogen) atoms. The Labute approximate surface area is 319 Å². The van der Waals surface area contributed by atoms with Crippen LogP contribution in [0.2, 0.25) is 0 Å². The van der Waals surface area contributed by atoms with Crippen LogP contribution in [-0.2, 0) is 5.41 Å². The molecule has 256 valence electrons. The molecule has 0 saturated heterocycles. The number of hydrogen-bond donors (Lipinski definition) is 0. The van der Waals surface area contributed by atoms with Crippen LogP contribution < -0.4 is 0 Å². The van der Waals surface area contributed by atoms with Gasteiger partial charge in [0.15, 0.2) is 23.2 Å². The van der Waals surface area contributed by atoms with Crippen molar-refractivity contribution in [2.24, 2.45) is 0 Å². The monoisotopic (exact) mass is 700 g/mol. The highest BCUT2D eigenvalue weighted by Gasteiger charge is 2.46. The number of nitrogens with zero attached hydrogens (tertiary/aromatic N) is 4. The predicted octanol–water partition coefficient (Wildman–Crippen LogP) is 12.6. The van der Waals surface area contributed by atoms with Crippen molar-refractivity contribution in [1.82, 2.24) is 15.0 Å². The van der Waals surface area contributed by atoms with E-state index in [0.717, 1.165) is 49.7 Å². The normalized spacial score (nSPS) is 12.5. The Morgan fingerprint density at radius 3 is 1.64 bits per heavy atom. The van der Waals surface area contributed by atoms with Gasteiger partial charge in [0.1, 0.15) is 0 Å². The number of benzene rings is 8. The number of rotatable bonds is 6. The van der Waals surface area contributed by atoms with E-state index in [4.69, 9.17) is 21.5 Å². The summed E-state index contributed by atoms with van der Waals surface area (Å²) in [6.07, 6.45) is 0. The Bertz CT molecular complexity index is 2870. The van der Waals surface area contributed by atoms with Crippen LogP contribution in [0.3, 0.4) is 0 Å². The second-order valence-corrected chi connectivity index (χ2v) is 13.8. The molecule has 0 fully saturated rings. The van der Waals surface area contributed by atoms with Crippen LogP contribution in [0.15, 0.2) is 194 Å². The summed E-state index contributed by atoms with van der Waals surface area (Å²) >= 11 is 0. The first-order chi connectivity index (χ1) is 27.2. The van der Waals surface area contributed by atoms with Gasteiger partial charge < -0.3 is 0 Å². The summed E-state index contributed by atoms with van der Waals surface area (Å²) in [5.74, 6) is 1.89. The van der Waals surface area contributed by atoms with Crippen molar-refractivity contribution >= 4 is 16.5 Å². The van der Waals surface area contributed by atoms with Gasteiger partial charge in [-0.2, -0.15) is 0 Å². The molecule has 0 unspecified atom stereocenters. The van der Waals surface area contributed by atoms with E-state index in [1.807, 2.05) is 36.4 Å². The second kappa shape index (κ2) is 13.2. The fourth-order valence-electron chi connectivity index (χ4n) is 8.40. The van der Waals surface area contributed by atoms with E-state index >= 15 is 0 Å². The van der Waals surface area contributed by atoms with Crippen molar-refractivity contribution in [2.45, 2.75) is 5.41 Å². The van der Waals surface area contributed by atoms with Gasteiger partial charge in [-0.05, 0) is 55.3 Å². The molecule has 0 saturated carbocycles. The van der Waals surface area contributed by atoms with Gasteiger partial charge >= 0.3 is 0 Å². The second-order valence-electron chi connectivity index (χ2n) is 13.8. The number of hydrogen-bond acceptors (Lipinski definition) is 3. The van der Waals surface area contributed by atoms with E-state index in [1.165, 1.54) is 22.3 Å². The van der Waals surface area contributed by atoms with E-state index in [1.54, 1.807) is 0 Å². The Hall–Kier alpha value is -7.48. The summed E-state index contributed by atoms with van der Waals surface area (Å²) in [4.78, 5) is 19.0. The zero-order valence-corrected chi connectivity index (χ0v) is 29.8. The maximum absolute atomic E-state index is 7.94. The molecule has 1 aliphatic carbocycles. The summed E-state index contributed by atoms with van der Waals surface area (Å²) in [5.41, 5.74) is 12.0. The molecule has 0 spiro atoms. The van der Waals surface area contributed by atoms with Gasteiger partial charge in [0.2, 0.25) is 0 Å². The summed E-state index contributed by atoms with van der Waals surface area (Å²) in [6.45, 7) is 7.94. The van der Waals surface area contributed by atoms with Gasteiger partial charge in [-0.15, -0.1) is 0 Å². The number of fused-ring (bicyclic) bond motifs is 4. The van der Waals surface area contributed by atoms with Crippen LogP contribution in [0.5, 0.6) is 0 Å². The molecule has 0 amide bonds. The first kappa shape index (κ1) is 32.2. The quantitative estimate of drug-likeness (QED) is 0.162. The zero-order valence-electron chi connectivity index (χ0n) is 29.8. The van der Waals surface area contributed by atoms with Crippen molar-refractivity contribution in [2.75, 3.05) is 0 Å². The average Bonchev–Trinajstić information content (AvgIpc) is 3.57. The van der Waals surface area contributed by atoms with E-state index < -0.39 is 5.41 Å². The van der Waals surface area contributed by atoms with Crippen LogP contribution in [0.25, 0.3) is 72.0 Å². The van der Waals surface area contributed by atoms with Crippen LogP contribution >= 0.6 is 0 Å². The summed E-state index contributed by atoms with van der Waals surface area (Å²) in [5, 5.41) is 2.23. The standard InChI is InChI=1S/C51H32N4/c1-52-40-31-32-44-46(33-40)51(38-19-7-3-8-20-38,39-21-9-4-10-22-39)45-26-14-24-42(47(44)45)35-27-29-37(30-28-35)49-53-48(36-16-5-2-6-17-36)54-50(55-49)43-25-13-18-34-15-11-12-23-41(34)43/h2-33H. The van der Waals surface area contributed by atoms with Crippen molar-refractivity contribution in [1.29, 1.82) is 0 Å². The fourth-order valence-corrected chi connectivity index (χ4v) is 8.40. The molecular weight excluding hydrogens is 669 g/mol. The first-order valence-electron chi connectivity index (χ1n) is 18.4. The minimum Gasteiger partial charge on any atom is -0.238 e. The minimum atomic E-state index is -0.597.